The number of hydrogen-bond donors (Lipinski definition) is 2. The number of esters is 1. The number of pyridine rings is 1. The molecule has 3 aromatic heterocycles. The number of morpholine rings is 1. The molecular weight excluding hydrogens is 1210 g/mol. The molecule has 0 radical (unpaired) electrons. The van der Waals surface area contributed by atoms with Gasteiger partial charge in [-0.2, -0.15) is 0 Å². The van der Waals surface area contributed by atoms with Gasteiger partial charge in [0, 0.05) is 65.5 Å². The first kappa shape index (κ1) is 64.1. The lowest BCUT2D eigenvalue weighted by Crippen LogP contribution is -2.61. The van der Waals surface area contributed by atoms with Crippen molar-refractivity contribution >= 4 is 80.4 Å². The molecule has 0 saturated carbocycles. The van der Waals surface area contributed by atoms with Crippen LogP contribution >= 0.6 is 27.3 Å². The molecule has 2 N–H and O–H groups in total. The molecule has 2 bridgehead atoms. The van der Waals surface area contributed by atoms with Crippen LogP contribution in [0.4, 0.5) is 9.59 Å². The van der Waals surface area contributed by atoms with Gasteiger partial charge in [0.1, 0.15) is 28.9 Å². The van der Waals surface area contributed by atoms with Gasteiger partial charge in [-0.15, -0.1) is 11.3 Å². The van der Waals surface area contributed by atoms with Crippen LogP contribution in [0.1, 0.15) is 153 Å². The summed E-state index contributed by atoms with van der Waals surface area (Å²) >= 11 is 4.79. The third-order valence-electron chi connectivity index (χ3n) is 18.4. The molecule has 11 rings (SSSR count). The van der Waals surface area contributed by atoms with E-state index in [1.54, 1.807) is 27.9 Å². The Morgan fingerprint density at radius 3 is 2.26 bits per heavy atom. The largest absolute Gasteiger partial charge is 0.494 e. The lowest BCUT2D eigenvalue weighted by Gasteiger charge is -2.44. The van der Waals surface area contributed by atoms with Gasteiger partial charge in [0.05, 0.1) is 65.6 Å². The lowest BCUT2D eigenvalue weighted by molar-refractivity contribution is -0.155. The van der Waals surface area contributed by atoms with E-state index in [1.165, 1.54) is 27.5 Å². The zero-order valence-electron chi connectivity index (χ0n) is 53.4. The Balaban J connectivity index is 0.888. The predicted octanol–water partition coefficient (Wildman–Crippen LogP) is 12.1. The minimum Gasteiger partial charge on any atom is -0.464 e. The molecule has 4 aliphatic heterocycles. The number of fused-ring (bicyclic) bond motifs is 6. The number of nitrogens with one attached hydrogen (secondary N) is 2. The standard InChI is InChI=1S/C68H83BBrN7O11S/c1-14-75-55-26-25-43(69-87-67(9,10)68(11,12)88-69)31-50(55)52(32-66(7,8)38-85-62(79)54-24-19-27-76(74-54)61(78)57(73-63(80)86-65(4,5)6)39(2)60-72-56(70)37-89-60)59(75)51-30-42(33-71-58(51)40(3)82-13)41-28-44-34-83-35-45(29-41)77(44)64(81)84-36-53-48-22-17-15-20-46(48)47-21-16-18-23-49(47)53/h15-18,20-23,25-26,28,30-31,33,37,39-40,44-45,53-54,57,74H,14,19,24,27,29,32,34-36,38H2,1-13H3,(H,73,80)/t39-,40-,44?,45?,54-,57-/m0/s1. The van der Waals surface area contributed by atoms with Crippen molar-refractivity contribution in [2.75, 3.05) is 40.1 Å². The highest BCUT2D eigenvalue weighted by atomic mass is 79.9. The second-order valence-electron chi connectivity index (χ2n) is 27.0. The van der Waals surface area contributed by atoms with Crippen molar-refractivity contribution in [3.8, 4) is 22.4 Å². The summed E-state index contributed by atoms with van der Waals surface area (Å²) in [5.74, 6) is -1.52. The van der Waals surface area contributed by atoms with E-state index in [0.717, 1.165) is 61.1 Å². The second-order valence-corrected chi connectivity index (χ2v) is 28.7. The van der Waals surface area contributed by atoms with Crippen LogP contribution in [-0.2, 0) is 55.5 Å². The Labute approximate surface area is 535 Å². The topological polar surface area (TPSA) is 194 Å². The monoisotopic (exact) mass is 1300 g/mol. The van der Waals surface area contributed by atoms with Crippen LogP contribution in [0.15, 0.2) is 95.1 Å². The van der Waals surface area contributed by atoms with Gasteiger partial charge in [0.25, 0.3) is 5.91 Å². The van der Waals surface area contributed by atoms with E-state index in [-0.39, 0.29) is 37.3 Å². The van der Waals surface area contributed by atoms with Gasteiger partial charge in [-0.05, 0) is 160 Å². The number of carbonyl (C=O) groups is 4. The number of nitrogens with zero attached hydrogens (tertiary/aromatic N) is 5. The number of amides is 3. The van der Waals surface area contributed by atoms with Gasteiger partial charge < -0.3 is 42.9 Å². The van der Waals surface area contributed by atoms with E-state index in [4.69, 9.17) is 38.0 Å². The summed E-state index contributed by atoms with van der Waals surface area (Å²) in [5, 5.41) is 7.68. The van der Waals surface area contributed by atoms with Gasteiger partial charge in [-0.25, -0.2) is 20.0 Å². The zero-order valence-corrected chi connectivity index (χ0v) is 55.8. The molecule has 0 spiro atoms. The Morgan fingerprint density at radius 1 is 0.921 bits per heavy atom. The number of ether oxygens (including phenoxy) is 5. The van der Waals surface area contributed by atoms with Crippen molar-refractivity contribution in [3.05, 3.63) is 128 Å². The first-order valence-electron chi connectivity index (χ1n) is 31.1. The molecule has 1 aliphatic carbocycles. The van der Waals surface area contributed by atoms with Crippen LogP contribution in [0.25, 0.3) is 38.9 Å². The van der Waals surface area contributed by atoms with Crippen molar-refractivity contribution in [2.24, 2.45) is 5.41 Å². The fourth-order valence-electron chi connectivity index (χ4n) is 13.1. The fraction of sp³-hybridized carbons (Fsp3) is 0.500. The molecule has 472 valence electrons. The molecule has 5 aliphatic rings. The summed E-state index contributed by atoms with van der Waals surface area (Å²) in [6.07, 6.45) is 4.49. The van der Waals surface area contributed by atoms with Crippen LogP contribution in [0.2, 0.25) is 0 Å². The number of aromatic nitrogens is 3. The Hall–Kier alpha value is -6.46. The van der Waals surface area contributed by atoms with E-state index in [2.05, 4.69) is 139 Å². The van der Waals surface area contributed by atoms with Crippen LogP contribution in [0.3, 0.4) is 0 Å². The van der Waals surface area contributed by atoms with E-state index in [1.807, 2.05) is 54.6 Å². The number of carbonyl (C=O) groups excluding carboxylic acids is 4. The van der Waals surface area contributed by atoms with Gasteiger partial charge >= 0.3 is 25.3 Å². The molecule has 6 atom stereocenters. The highest BCUT2D eigenvalue weighted by Crippen LogP contribution is 2.47. The average molecular weight is 1300 g/mol. The third kappa shape index (κ3) is 13.1. The van der Waals surface area contributed by atoms with E-state index in [9.17, 15) is 19.2 Å². The summed E-state index contributed by atoms with van der Waals surface area (Å²) < 4.78 is 46.7. The molecule has 89 heavy (non-hydrogen) atoms. The average Bonchev–Trinajstić information content (AvgIpc) is 1.66. The van der Waals surface area contributed by atoms with Gasteiger partial charge in [-0.1, -0.05) is 87.5 Å². The summed E-state index contributed by atoms with van der Waals surface area (Å²) in [5.41, 5.74) is 12.7. The van der Waals surface area contributed by atoms with Gasteiger partial charge in [0.2, 0.25) is 0 Å². The molecule has 2 unspecified atom stereocenters. The normalized spacial score (nSPS) is 20.8. The molecule has 6 aromatic rings. The van der Waals surface area contributed by atoms with Crippen molar-refractivity contribution in [1.29, 1.82) is 0 Å². The smallest absolute Gasteiger partial charge is 0.464 e. The maximum absolute atomic E-state index is 14.5. The predicted molar refractivity (Wildman–Crippen MR) is 348 cm³/mol. The second kappa shape index (κ2) is 25.3. The Kier molecular flexibility index (Phi) is 18.2. The van der Waals surface area contributed by atoms with Gasteiger partial charge in [-0.3, -0.25) is 24.5 Å². The van der Waals surface area contributed by atoms with Crippen LogP contribution in [0.5, 0.6) is 0 Å². The zero-order chi connectivity index (χ0) is 63.5. The maximum atomic E-state index is 14.5. The number of thiazole rings is 1. The summed E-state index contributed by atoms with van der Waals surface area (Å²) in [7, 11) is 1.06. The minimum atomic E-state index is -1.06. The number of hydrazine groups is 1. The molecular formula is C68H83BBrN7O11S. The summed E-state index contributed by atoms with van der Waals surface area (Å²) in [4.78, 5) is 68.2. The molecule has 3 saturated heterocycles. The Bertz CT molecular complexity index is 3650. The third-order valence-corrected chi connectivity index (χ3v) is 20.1. The number of hydrogen-bond acceptors (Lipinski definition) is 15. The van der Waals surface area contributed by atoms with Gasteiger partial charge in [0.15, 0.2) is 0 Å². The molecule has 3 aromatic carbocycles. The molecule has 21 heteroatoms. The number of benzene rings is 3. The van der Waals surface area contributed by atoms with Crippen LogP contribution in [0, 0.1) is 5.41 Å². The number of halogens is 1. The quantitative estimate of drug-likeness (QED) is 0.0497. The van der Waals surface area contributed by atoms with Crippen molar-refractivity contribution in [1.82, 2.24) is 35.2 Å². The van der Waals surface area contributed by atoms with Crippen LogP contribution < -0.4 is 16.2 Å². The Morgan fingerprint density at radius 2 is 1.62 bits per heavy atom. The molecule has 3 amide bonds. The van der Waals surface area contributed by atoms with E-state index < -0.39 is 71.4 Å². The first-order valence-corrected chi connectivity index (χ1v) is 32.7. The SMILES string of the molecule is CCn1c(-c2cc(C3=CC4COCC(C3)N4C(=O)OCC3c4ccccc4-c4ccccc43)cnc2[C@H](C)OC)c(CC(C)(C)COC(=O)[C@@H]2CCCN(C(=O)[C@@H](NC(=O)OC(C)(C)C)[C@H](C)c3nc(Br)cs3)N2)c2cc(B3OC(C)(C)C(C)(C)O3)ccc21. The molecule has 18 nitrogen and oxygen atoms in total. The van der Waals surface area contributed by atoms with E-state index in [0.29, 0.717) is 61.6 Å². The lowest BCUT2D eigenvalue weighted by atomic mass is 9.77. The highest BCUT2D eigenvalue weighted by Gasteiger charge is 2.52. The van der Waals surface area contributed by atoms with Crippen molar-refractivity contribution in [2.45, 2.75) is 174 Å². The number of rotatable bonds is 17. The summed E-state index contributed by atoms with van der Waals surface area (Å²) in [6, 6.07) is 22.8. The number of alkyl carbamates (subject to hydrolysis) is 1. The molecule has 7 heterocycles. The minimum absolute atomic E-state index is 0.0451. The fourth-order valence-corrected chi connectivity index (χ4v) is 14.4. The van der Waals surface area contributed by atoms with Crippen molar-refractivity contribution < 1.29 is 52.2 Å². The number of aryl methyl sites for hydroxylation is 1. The first-order chi connectivity index (χ1) is 42.2. The number of methoxy groups -OCH3 is 1. The molecule has 3 fully saturated rings. The highest BCUT2D eigenvalue weighted by molar-refractivity contribution is 9.10. The van der Waals surface area contributed by atoms with Crippen LogP contribution in [-0.4, -0.2) is 137 Å². The summed E-state index contributed by atoms with van der Waals surface area (Å²) in [6.45, 7) is 25.5. The van der Waals surface area contributed by atoms with Crippen molar-refractivity contribution in [3.63, 3.8) is 0 Å². The van der Waals surface area contributed by atoms with E-state index >= 15 is 0 Å². The maximum Gasteiger partial charge on any atom is 0.494 e.